The molecule has 1 N–H and O–H groups in total. The van der Waals surface area contributed by atoms with E-state index in [2.05, 4.69) is 5.32 Å². The number of nitrogens with one attached hydrogen (secondary N) is 1. The largest absolute Gasteiger partial charge is 0.418 e. The number of rotatable bonds is 5. The van der Waals surface area contributed by atoms with Crippen LogP contribution in [0.1, 0.15) is 12.5 Å². The third-order valence-corrected chi connectivity index (χ3v) is 8.05. The number of hydrogen-bond donors (Lipinski definition) is 1. The van der Waals surface area contributed by atoms with Crippen LogP contribution in [0.2, 0.25) is 0 Å². The van der Waals surface area contributed by atoms with Crippen LogP contribution in [0.5, 0.6) is 0 Å². The predicted molar refractivity (Wildman–Crippen MR) is 104 cm³/mol. The van der Waals surface area contributed by atoms with Gasteiger partial charge in [-0.2, -0.15) is 17.5 Å². The van der Waals surface area contributed by atoms with E-state index in [4.69, 9.17) is 0 Å². The molecule has 0 radical (unpaired) electrons. The van der Waals surface area contributed by atoms with Gasteiger partial charge in [-0.15, -0.1) is 11.3 Å². The van der Waals surface area contributed by atoms with Crippen LogP contribution in [0.4, 0.5) is 18.9 Å². The Morgan fingerprint density at radius 3 is 2.34 bits per heavy atom. The summed E-state index contributed by atoms with van der Waals surface area (Å²) < 4.78 is 66.1. The fourth-order valence-electron chi connectivity index (χ4n) is 3.11. The van der Waals surface area contributed by atoms with Crippen molar-refractivity contribution in [3.63, 3.8) is 0 Å². The first kappa shape index (κ1) is 21.8. The molecular weight excluding hydrogens is 427 g/mol. The second-order valence-electron chi connectivity index (χ2n) is 6.58. The number of hydrogen-bond acceptors (Lipinski definition) is 5. The van der Waals surface area contributed by atoms with E-state index in [9.17, 15) is 26.4 Å². The molecule has 2 heterocycles. The van der Waals surface area contributed by atoms with Gasteiger partial charge in [0.15, 0.2) is 0 Å². The zero-order valence-corrected chi connectivity index (χ0v) is 17.1. The van der Waals surface area contributed by atoms with Crippen molar-refractivity contribution in [1.29, 1.82) is 0 Å². The Balaban J connectivity index is 1.63. The summed E-state index contributed by atoms with van der Waals surface area (Å²) in [5.41, 5.74) is -1.21. The molecule has 1 amide bonds. The van der Waals surface area contributed by atoms with Gasteiger partial charge in [0.2, 0.25) is 5.91 Å². The summed E-state index contributed by atoms with van der Waals surface area (Å²) in [7, 11) is -3.56. The Kier molecular flexibility index (Phi) is 6.32. The minimum Gasteiger partial charge on any atom is -0.324 e. The SMILES string of the molecule is CC(C(=O)Nc1ccccc1C(F)(F)F)N1CCN(S(=O)(=O)c2cccs2)CC1. The van der Waals surface area contributed by atoms with Crippen molar-refractivity contribution in [2.45, 2.75) is 23.4 Å². The molecule has 0 bridgehead atoms. The second kappa shape index (κ2) is 8.42. The molecule has 1 aromatic carbocycles. The molecule has 1 fully saturated rings. The van der Waals surface area contributed by atoms with Gasteiger partial charge < -0.3 is 5.32 Å². The van der Waals surface area contributed by atoms with Crippen molar-refractivity contribution in [3.8, 4) is 0 Å². The maximum absolute atomic E-state index is 13.1. The lowest BCUT2D eigenvalue weighted by molar-refractivity contribution is -0.137. The lowest BCUT2D eigenvalue weighted by atomic mass is 10.1. The number of amides is 1. The third kappa shape index (κ3) is 4.80. The Labute approximate surface area is 171 Å². The van der Waals surface area contributed by atoms with Gasteiger partial charge in [-0.1, -0.05) is 18.2 Å². The van der Waals surface area contributed by atoms with E-state index in [1.807, 2.05) is 0 Å². The maximum Gasteiger partial charge on any atom is 0.418 e. The Bertz CT molecular complexity index is 954. The highest BCUT2D eigenvalue weighted by Crippen LogP contribution is 2.34. The number of carbonyl (C=O) groups is 1. The highest BCUT2D eigenvalue weighted by Gasteiger charge is 2.35. The molecule has 3 rings (SSSR count). The van der Waals surface area contributed by atoms with Crippen LogP contribution in [-0.2, 0) is 21.0 Å². The number of carbonyl (C=O) groups excluding carboxylic acids is 1. The summed E-state index contributed by atoms with van der Waals surface area (Å²) in [6.07, 6.45) is -4.57. The highest BCUT2D eigenvalue weighted by atomic mass is 32.2. The molecule has 11 heteroatoms. The maximum atomic E-state index is 13.1. The number of alkyl halides is 3. The highest BCUT2D eigenvalue weighted by molar-refractivity contribution is 7.91. The van der Waals surface area contributed by atoms with E-state index in [1.165, 1.54) is 22.5 Å². The summed E-state index contributed by atoms with van der Waals surface area (Å²) in [4.78, 5) is 14.3. The lowest BCUT2D eigenvalue weighted by Crippen LogP contribution is -2.53. The Morgan fingerprint density at radius 1 is 1.10 bits per heavy atom. The average molecular weight is 448 g/mol. The van der Waals surface area contributed by atoms with Crippen LogP contribution < -0.4 is 5.32 Å². The zero-order valence-electron chi connectivity index (χ0n) is 15.5. The zero-order chi connectivity index (χ0) is 21.2. The number of thiophene rings is 1. The summed E-state index contributed by atoms with van der Waals surface area (Å²) in [5.74, 6) is -0.573. The number of halogens is 3. The standard InChI is InChI=1S/C18H20F3N3O3S2/c1-13(17(25)22-15-6-3-2-5-14(15)18(19,20)21)23-8-10-24(11-9-23)29(26,27)16-7-4-12-28-16/h2-7,12-13H,8-11H2,1H3,(H,22,25). The van der Waals surface area contributed by atoms with E-state index in [-0.39, 0.29) is 23.0 Å². The molecule has 0 aliphatic carbocycles. The van der Waals surface area contributed by atoms with E-state index < -0.39 is 33.7 Å². The molecule has 1 aliphatic rings. The van der Waals surface area contributed by atoms with Crippen molar-refractivity contribution < 1.29 is 26.4 Å². The quantitative estimate of drug-likeness (QED) is 0.765. The first-order chi connectivity index (χ1) is 13.6. The van der Waals surface area contributed by atoms with Crippen molar-refractivity contribution in [3.05, 3.63) is 47.3 Å². The number of piperazine rings is 1. The van der Waals surface area contributed by atoms with Crippen LogP contribution in [0.15, 0.2) is 46.0 Å². The molecule has 0 saturated carbocycles. The van der Waals surface area contributed by atoms with Gasteiger partial charge in [-0.05, 0) is 30.5 Å². The minimum atomic E-state index is -4.57. The number of anilines is 1. The summed E-state index contributed by atoms with van der Waals surface area (Å²) in [5, 5.41) is 4.04. The fourth-order valence-corrected chi connectivity index (χ4v) is 5.68. The molecule has 2 aromatic rings. The average Bonchev–Trinajstić information content (AvgIpc) is 3.23. The molecule has 6 nitrogen and oxygen atoms in total. The molecule has 1 saturated heterocycles. The van der Waals surface area contributed by atoms with Gasteiger partial charge >= 0.3 is 6.18 Å². The van der Waals surface area contributed by atoms with Crippen LogP contribution in [-0.4, -0.2) is 55.8 Å². The van der Waals surface area contributed by atoms with E-state index in [1.54, 1.807) is 29.3 Å². The smallest absolute Gasteiger partial charge is 0.324 e. The van der Waals surface area contributed by atoms with E-state index in [0.717, 1.165) is 17.4 Å². The number of para-hydroxylation sites is 1. The van der Waals surface area contributed by atoms with Gasteiger partial charge in [-0.25, -0.2) is 8.42 Å². The van der Waals surface area contributed by atoms with Crippen molar-refractivity contribution in [2.24, 2.45) is 0 Å². The number of nitrogens with zero attached hydrogens (tertiary/aromatic N) is 2. The fraction of sp³-hybridized carbons (Fsp3) is 0.389. The minimum absolute atomic E-state index is 0.205. The van der Waals surface area contributed by atoms with Crippen LogP contribution in [0.3, 0.4) is 0 Å². The molecule has 29 heavy (non-hydrogen) atoms. The van der Waals surface area contributed by atoms with Gasteiger partial charge in [0.1, 0.15) is 4.21 Å². The van der Waals surface area contributed by atoms with Gasteiger partial charge in [0.05, 0.1) is 17.3 Å². The Morgan fingerprint density at radius 2 is 1.76 bits per heavy atom. The normalized spacial score (nSPS) is 17.8. The third-order valence-electron chi connectivity index (χ3n) is 4.78. The van der Waals surface area contributed by atoms with Crippen molar-refractivity contribution in [1.82, 2.24) is 9.21 Å². The van der Waals surface area contributed by atoms with Crippen LogP contribution in [0.25, 0.3) is 0 Å². The lowest BCUT2D eigenvalue weighted by Gasteiger charge is -2.36. The molecule has 1 atom stereocenters. The second-order valence-corrected chi connectivity index (χ2v) is 9.69. The molecule has 1 aromatic heterocycles. The number of benzene rings is 1. The molecule has 1 unspecified atom stereocenters. The van der Waals surface area contributed by atoms with Gasteiger partial charge in [0.25, 0.3) is 10.0 Å². The first-order valence-electron chi connectivity index (χ1n) is 8.85. The van der Waals surface area contributed by atoms with Gasteiger partial charge in [0, 0.05) is 26.2 Å². The van der Waals surface area contributed by atoms with Gasteiger partial charge in [-0.3, -0.25) is 9.69 Å². The van der Waals surface area contributed by atoms with Crippen molar-refractivity contribution in [2.75, 3.05) is 31.5 Å². The predicted octanol–water partition coefficient (Wildman–Crippen LogP) is 3.10. The van der Waals surface area contributed by atoms with E-state index in [0.29, 0.717) is 13.1 Å². The first-order valence-corrected chi connectivity index (χ1v) is 11.2. The van der Waals surface area contributed by atoms with Crippen LogP contribution >= 0.6 is 11.3 Å². The summed E-state index contributed by atoms with van der Waals surface area (Å²) >= 11 is 1.14. The van der Waals surface area contributed by atoms with Crippen molar-refractivity contribution >= 4 is 33.0 Å². The molecular formula is C18H20F3N3O3S2. The molecule has 158 valence electrons. The molecule has 0 spiro atoms. The Hall–Kier alpha value is -1.95. The molecule has 1 aliphatic heterocycles. The van der Waals surface area contributed by atoms with E-state index >= 15 is 0 Å². The number of sulfonamides is 1. The summed E-state index contributed by atoms with van der Waals surface area (Å²) in [6.45, 7) is 2.61. The topological polar surface area (TPSA) is 69.7 Å². The van der Waals surface area contributed by atoms with Crippen LogP contribution in [0, 0.1) is 0 Å². The monoisotopic (exact) mass is 447 g/mol. The summed E-state index contributed by atoms with van der Waals surface area (Å²) in [6, 6.07) is 7.30.